The first-order valence-corrected chi connectivity index (χ1v) is 8.96. The number of halogens is 1. The van der Waals surface area contributed by atoms with Crippen molar-refractivity contribution in [2.24, 2.45) is 0 Å². The molecular weight excluding hydrogens is 333 g/mol. The second-order valence-corrected chi connectivity index (χ2v) is 6.78. The summed E-state index contributed by atoms with van der Waals surface area (Å²) in [7, 11) is 0. The Balaban J connectivity index is 1.48. The van der Waals surface area contributed by atoms with Crippen LogP contribution < -0.4 is 15.5 Å². The van der Waals surface area contributed by atoms with Crippen molar-refractivity contribution in [1.29, 1.82) is 0 Å². The van der Waals surface area contributed by atoms with E-state index in [1.807, 2.05) is 34.8 Å². The second-order valence-electron chi connectivity index (χ2n) is 6.78. The molecule has 2 aliphatic rings. The van der Waals surface area contributed by atoms with Gasteiger partial charge in [0.05, 0.1) is 17.9 Å². The molecule has 5 heterocycles. The van der Waals surface area contributed by atoms with Crippen LogP contribution in [0.4, 0.5) is 16.0 Å². The van der Waals surface area contributed by atoms with Crippen molar-refractivity contribution in [3.05, 3.63) is 36.5 Å². The van der Waals surface area contributed by atoms with Crippen LogP contribution in [0.3, 0.4) is 0 Å². The van der Waals surface area contributed by atoms with Gasteiger partial charge in [-0.15, -0.1) is 5.10 Å². The molecular formula is C18H20FN7. The number of fused-ring (bicyclic) bond motifs is 1. The van der Waals surface area contributed by atoms with Gasteiger partial charge in [-0.25, -0.2) is 18.9 Å². The molecule has 134 valence electrons. The van der Waals surface area contributed by atoms with Gasteiger partial charge >= 0.3 is 0 Å². The Hall–Kier alpha value is -2.74. The molecule has 0 bridgehead atoms. The SMILES string of the molecule is F[C@H]1CNC[C@@H]1Nc1cccc(-c2cnc3ccc(N4CCC4)nn23)n1. The molecule has 0 spiro atoms. The molecule has 2 saturated heterocycles. The molecule has 0 amide bonds. The van der Waals surface area contributed by atoms with Gasteiger partial charge in [-0.3, -0.25) is 0 Å². The van der Waals surface area contributed by atoms with Gasteiger partial charge in [0, 0.05) is 26.2 Å². The summed E-state index contributed by atoms with van der Waals surface area (Å²) in [5.41, 5.74) is 2.37. The molecule has 2 N–H and O–H groups in total. The zero-order valence-corrected chi connectivity index (χ0v) is 14.3. The molecule has 0 aliphatic carbocycles. The number of imidazole rings is 1. The Morgan fingerprint density at radius 2 is 2.08 bits per heavy atom. The number of nitrogens with one attached hydrogen (secondary N) is 2. The molecule has 2 aliphatic heterocycles. The van der Waals surface area contributed by atoms with E-state index in [0.29, 0.717) is 18.9 Å². The number of anilines is 2. The first-order valence-electron chi connectivity index (χ1n) is 8.96. The maximum absolute atomic E-state index is 13.8. The maximum Gasteiger partial charge on any atom is 0.154 e. The Kier molecular flexibility index (Phi) is 3.70. The summed E-state index contributed by atoms with van der Waals surface area (Å²) in [5, 5.41) is 11.0. The van der Waals surface area contributed by atoms with E-state index >= 15 is 0 Å². The summed E-state index contributed by atoms with van der Waals surface area (Å²) in [6, 6.07) is 9.42. The van der Waals surface area contributed by atoms with Crippen molar-refractivity contribution >= 4 is 17.3 Å². The first kappa shape index (κ1) is 15.5. The third-order valence-electron chi connectivity index (χ3n) is 5.01. The largest absolute Gasteiger partial charge is 0.363 e. The van der Waals surface area contributed by atoms with Gasteiger partial charge in [-0.2, -0.15) is 0 Å². The molecule has 26 heavy (non-hydrogen) atoms. The van der Waals surface area contributed by atoms with Gasteiger partial charge in [-0.1, -0.05) is 6.07 Å². The molecule has 8 heteroatoms. The summed E-state index contributed by atoms with van der Waals surface area (Å²) >= 11 is 0. The third-order valence-corrected chi connectivity index (χ3v) is 5.01. The van der Waals surface area contributed by atoms with Gasteiger partial charge in [0.1, 0.15) is 23.5 Å². The number of pyridine rings is 1. The number of hydrogen-bond acceptors (Lipinski definition) is 6. The minimum Gasteiger partial charge on any atom is -0.363 e. The van der Waals surface area contributed by atoms with E-state index in [1.54, 1.807) is 6.20 Å². The standard InChI is InChI=1S/C18H20FN7/c19-12-9-20-10-14(12)23-16-4-1-3-13(22-16)15-11-21-17-5-6-18(24-26(15)17)25-7-2-8-25/h1,3-6,11-12,14,20H,2,7-10H2,(H,22,23)/t12-,14-/m0/s1. The van der Waals surface area contributed by atoms with Gasteiger partial charge in [0.2, 0.25) is 0 Å². The highest BCUT2D eigenvalue weighted by molar-refractivity contribution is 5.62. The summed E-state index contributed by atoms with van der Waals surface area (Å²) in [5.74, 6) is 1.61. The summed E-state index contributed by atoms with van der Waals surface area (Å²) in [6.45, 7) is 3.07. The van der Waals surface area contributed by atoms with Crippen molar-refractivity contribution in [1.82, 2.24) is 24.9 Å². The first-order chi connectivity index (χ1) is 12.8. The van der Waals surface area contributed by atoms with Crippen LogP contribution in [0.1, 0.15) is 6.42 Å². The zero-order valence-electron chi connectivity index (χ0n) is 14.3. The van der Waals surface area contributed by atoms with Crippen LogP contribution >= 0.6 is 0 Å². The molecule has 0 saturated carbocycles. The minimum absolute atomic E-state index is 0.254. The van der Waals surface area contributed by atoms with Crippen LogP contribution in [0.5, 0.6) is 0 Å². The van der Waals surface area contributed by atoms with Crippen LogP contribution in [-0.4, -0.2) is 58.0 Å². The summed E-state index contributed by atoms with van der Waals surface area (Å²) in [4.78, 5) is 11.3. The average Bonchev–Trinajstić information content (AvgIpc) is 3.20. The van der Waals surface area contributed by atoms with Crippen molar-refractivity contribution in [2.75, 3.05) is 36.4 Å². The topological polar surface area (TPSA) is 70.4 Å². The predicted octanol–water partition coefficient (Wildman–Crippen LogP) is 1.72. The molecule has 2 fully saturated rings. The fraction of sp³-hybridized carbons (Fsp3) is 0.389. The third kappa shape index (κ3) is 2.66. The summed E-state index contributed by atoms with van der Waals surface area (Å²) in [6.07, 6.45) is 2.08. The van der Waals surface area contributed by atoms with Crippen LogP contribution in [0.15, 0.2) is 36.5 Å². The van der Waals surface area contributed by atoms with E-state index < -0.39 is 6.17 Å². The van der Waals surface area contributed by atoms with Gasteiger partial charge in [-0.05, 0) is 30.7 Å². The van der Waals surface area contributed by atoms with Gasteiger partial charge < -0.3 is 15.5 Å². The fourth-order valence-electron chi connectivity index (χ4n) is 3.39. The number of nitrogens with zero attached hydrogens (tertiary/aromatic N) is 5. The normalized spacial score (nSPS) is 22.6. The number of hydrogen-bond donors (Lipinski definition) is 2. The molecule has 7 nitrogen and oxygen atoms in total. The zero-order chi connectivity index (χ0) is 17.5. The molecule has 0 radical (unpaired) electrons. The van der Waals surface area contributed by atoms with Crippen molar-refractivity contribution in [3.8, 4) is 11.4 Å². The highest BCUT2D eigenvalue weighted by atomic mass is 19.1. The summed E-state index contributed by atoms with van der Waals surface area (Å²) < 4.78 is 15.7. The lowest BCUT2D eigenvalue weighted by molar-refractivity contribution is 0.342. The van der Waals surface area contributed by atoms with Gasteiger partial charge in [0.25, 0.3) is 0 Å². The molecule has 0 aromatic carbocycles. The van der Waals surface area contributed by atoms with Crippen molar-refractivity contribution < 1.29 is 4.39 Å². The van der Waals surface area contributed by atoms with Crippen LogP contribution in [0.25, 0.3) is 17.0 Å². The van der Waals surface area contributed by atoms with Crippen LogP contribution in [0.2, 0.25) is 0 Å². The van der Waals surface area contributed by atoms with E-state index in [1.165, 1.54) is 6.42 Å². The lowest BCUT2D eigenvalue weighted by atomic mass is 10.2. The Labute approximate surface area is 150 Å². The molecule has 3 aromatic heterocycles. The van der Waals surface area contributed by atoms with Crippen LogP contribution in [-0.2, 0) is 0 Å². The quantitative estimate of drug-likeness (QED) is 0.744. The lowest BCUT2D eigenvalue weighted by Crippen LogP contribution is -2.37. The van der Waals surface area contributed by atoms with E-state index in [9.17, 15) is 4.39 Å². The molecule has 3 aromatic rings. The Morgan fingerprint density at radius 1 is 1.15 bits per heavy atom. The Bertz CT molecular complexity index is 936. The fourth-order valence-corrected chi connectivity index (χ4v) is 3.39. The van der Waals surface area contributed by atoms with Crippen molar-refractivity contribution in [3.63, 3.8) is 0 Å². The number of aromatic nitrogens is 4. The average molecular weight is 353 g/mol. The second kappa shape index (κ2) is 6.21. The predicted molar refractivity (Wildman–Crippen MR) is 98.2 cm³/mol. The lowest BCUT2D eigenvalue weighted by Gasteiger charge is -2.31. The smallest absolute Gasteiger partial charge is 0.154 e. The van der Waals surface area contributed by atoms with E-state index in [2.05, 4.69) is 25.5 Å². The highest BCUT2D eigenvalue weighted by Crippen LogP contribution is 2.23. The maximum atomic E-state index is 13.8. The highest BCUT2D eigenvalue weighted by Gasteiger charge is 2.26. The van der Waals surface area contributed by atoms with E-state index in [-0.39, 0.29) is 6.04 Å². The minimum atomic E-state index is -0.906. The number of rotatable bonds is 4. The van der Waals surface area contributed by atoms with E-state index in [0.717, 1.165) is 35.9 Å². The monoisotopic (exact) mass is 353 g/mol. The van der Waals surface area contributed by atoms with Crippen LogP contribution in [0, 0.1) is 0 Å². The van der Waals surface area contributed by atoms with E-state index in [4.69, 9.17) is 5.10 Å². The Morgan fingerprint density at radius 3 is 2.85 bits per heavy atom. The van der Waals surface area contributed by atoms with Crippen molar-refractivity contribution in [2.45, 2.75) is 18.6 Å². The van der Waals surface area contributed by atoms with Gasteiger partial charge in [0.15, 0.2) is 5.65 Å². The number of alkyl halides is 1. The molecule has 2 atom stereocenters. The molecule has 0 unspecified atom stereocenters. The molecule has 5 rings (SSSR count).